The van der Waals surface area contributed by atoms with Gasteiger partial charge in [0.2, 0.25) is 0 Å². The van der Waals surface area contributed by atoms with Crippen LogP contribution in [0.5, 0.6) is 0 Å². The minimum atomic E-state index is -0.0253. The van der Waals surface area contributed by atoms with E-state index in [2.05, 4.69) is 45.2 Å². The maximum Gasteiger partial charge on any atom is 0.157 e. The molecule has 1 fully saturated rings. The molecule has 0 aromatic rings. The number of halogens is 4. The zero-order chi connectivity index (χ0) is 15.2. The fraction of sp³-hybridized carbons (Fsp3) is 1.00. The van der Waals surface area contributed by atoms with Gasteiger partial charge >= 0.3 is 0 Å². The van der Waals surface area contributed by atoms with Gasteiger partial charge in [0.1, 0.15) is 0 Å². The van der Waals surface area contributed by atoms with Crippen LogP contribution in [-0.4, -0.2) is 51.8 Å². The van der Waals surface area contributed by atoms with Gasteiger partial charge in [0.15, 0.2) is 6.29 Å². The number of aliphatic hydroxyl groups excluding tert-OH is 1. The van der Waals surface area contributed by atoms with Crippen LogP contribution in [0, 0.1) is 11.8 Å². The predicted molar refractivity (Wildman–Crippen MR) is 103 cm³/mol. The molecule has 1 heterocycles. The molecule has 1 aliphatic heterocycles. The van der Waals surface area contributed by atoms with Crippen molar-refractivity contribution < 1.29 is 14.6 Å². The van der Waals surface area contributed by atoms with E-state index < -0.39 is 0 Å². The van der Waals surface area contributed by atoms with Gasteiger partial charge < -0.3 is 14.6 Å². The lowest BCUT2D eigenvalue weighted by Gasteiger charge is -2.24. The summed E-state index contributed by atoms with van der Waals surface area (Å²) in [5, 5.41) is 8.52. The highest BCUT2D eigenvalue weighted by Gasteiger charge is 2.16. The Morgan fingerprint density at radius 1 is 1.15 bits per heavy atom. The van der Waals surface area contributed by atoms with Crippen LogP contribution in [0.25, 0.3) is 0 Å². The molecule has 0 aromatic carbocycles. The lowest BCUT2D eigenvalue weighted by molar-refractivity contribution is -0.166. The minimum Gasteiger partial charge on any atom is -0.396 e. The highest BCUT2D eigenvalue weighted by atomic mass is 127. The smallest absolute Gasteiger partial charge is 0.157 e. The molecule has 1 unspecified atom stereocenters. The van der Waals surface area contributed by atoms with E-state index in [0.29, 0.717) is 30.9 Å². The molecule has 0 radical (unpaired) electrons. The molecule has 1 N–H and O–H groups in total. The molecule has 1 aliphatic rings. The highest BCUT2D eigenvalue weighted by molar-refractivity contribution is 14.1. The summed E-state index contributed by atoms with van der Waals surface area (Å²) in [5.41, 5.74) is 0. The van der Waals surface area contributed by atoms with Gasteiger partial charge in [-0.25, -0.2) is 0 Å². The van der Waals surface area contributed by atoms with Crippen molar-refractivity contribution in [2.75, 3.05) is 40.4 Å². The van der Waals surface area contributed by atoms with Crippen LogP contribution in [0.3, 0.4) is 0 Å². The van der Waals surface area contributed by atoms with Gasteiger partial charge in [-0.05, 0) is 25.2 Å². The van der Waals surface area contributed by atoms with Crippen LogP contribution >= 0.6 is 68.4 Å². The van der Waals surface area contributed by atoms with E-state index in [1.807, 2.05) is 0 Å². The summed E-state index contributed by atoms with van der Waals surface area (Å²) in [6.07, 6.45) is 3.31. The minimum absolute atomic E-state index is 0.0253. The molecule has 0 bridgehead atoms. The van der Waals surface area contributed by atoms with E-state index in [-0.39, 0.29) is 12.2 Å². The van der Waals surface area contributed by atoms with E-state index in [9.17, 15) is 0 Å². The third kappa shape index (κ3) is 11.5. The Morgan fingerprint density at radius 3 is 2.15 bits per heavy atom. The highest BCUT2D eigenvalue weighted by Crippen LogP contribution is 2.15. The van der Waals surface area contributed by atoms with Crippen LogP contribution in [-0.2, 0) is 9.47 Å². The molecule has 122 valence electrons. The van der Waals surface area contributed by atoms with Crippen molar-refractivity contribution in [3.63, 3.8) is 0 Å². The topological polar surface area (TPSA) is 38.7 Å². The molecule has 0 aliphatic carbocycles. The van der Waals surface area contributed by atoms with Crippen molar-refractivity contribution in [1.29, 1.82) is 0 Å². The van der Waals surface area contributed by atoms with Crippen LogP contribution in [0.1, 0.15) is 19.3 Å². The molecule has 0 saturated carbocycles. The number of rotatable bonds is 8. The molecule has 1 atom stereocenters. The number of aliphatic hydroxyl groups is 1. The summed E-state index contributed by atoms with van der Waals surface area (Å²) in [6.45, 7) is 1.76. The second-order valence-electron chi connectivity index (χ2n) is 4.66. The van der Waals surface area contributed by atoms with Crippen molar-refractivity contribution in [2.45, 2.75) is 25.6 Å². The molecule has 0 aromatic heterocycles. The van der Waals surface area contributed by atoms with Gasteiger partial charge in [0.05, 0.1) is 6.61 Å². The Hall–Kier alpha value is 1.92. The quantitative estimate of drug-likeness (QED) is 0.364. The standard InChI is InChI=1S/C9H16Cl2O2.C4H8I2O/c10-5-8(6-11)7-13-9-3-1-2-4-12-9;5-1-4(2-6)3-7/h8-9H,1-7H2;4,7H,1-3H2. The number of alkyl halides is 4. The molecular formula is C13H24Cl2I2O3. The Labute approximate surface area is 159 Å². The third-order valence-corrected chi connectivity index (χ3v) is 6.15. The van der Waals surface area contributed by atoms with Gasteiger partial charge in [-0.2, -0.15) is 0 Å². The van der Waals surface area contributed by atoms with Crippen molar-refractivity contribution in [3.8, 4) is 0 Å². The summed E-state index contributed by atoms with van der Waals surface area (Å²) in [7, 11) is 0. The molecule has 0 spiro atoms. The third-order valence-electron chi connectivity index (χ3n) is 2.79. The SMILES string of the molecule is ClCC(CCl)COC1CCCCO1.OCC(CI)CI. The molecular weight excluding hydrogens is 529 g/mol. The fourth-order valence-corrected chi connectivity index (χ4v) is 4.23. The number of ether oxygens (including phenoxy) is 2. The molecule has 7 heteroatoms. The molecule has 0 amide bonds. The van der Waals surface area contributed by atoms with Crippen LogP contribution in [0.4, 0.5) is 0 Å². The van der Waals surface area contributed by atoms with Crippen molar-refractivity contribution in [3.05, 3.63) is 0 Å². The summed E-state index contributed by atoms with van der Waals surface area (Å²) < 4.78 is 13.1. The van der Waals surface area contributed by atoms with E-state index in [4.69, 9.17) is 37.8 Å². The predicted octanol–water partition coefficient (Wildman–Crippen LogP) is 4.09. The van der Waals surface area contributed by atoms with Crippen molar-refractivity contribution in [2.24, 2.45) is 11.8 Å². The van der Waals surface area contributed by atoms with E-state index >= 15 is 0 Å². The van der Waals surface area contributed by atoms with Gasteiger partial charge in [-0.1, -0.05) is 45.2 Å². The van der Waals surface area contributed by atoms with Gasteiger partial charge in [0.25, 0.3) is 0 Å². The first kappa shape index (κ1) is 21.9. The Morgan fingerprint density at radius 2 is 1.80 bits per heavy atom. The molecule has 20 heavy (non-hydrogen) atoms. The molecule has 1 saturated heterocycles. The summed E-state index contributed by atoms with van der Waals surface area (Å²) in [5.74, 6) is 1.86. The van der Waals surface area contributed by atoms with Crippen molar-refractivity contribution >= 4 is 68.4 Å². The Bertz CT molecular complexity index is 195. The first-order valence-corrected chi connectivity index (χ1v) is 10.9. The molecule has 1 rings (SSSR count). The van der Waals surface area contributed by atoms with Crippen LogP contribution in [0.15, 0.2) is 0 Å². The average Bonchev–Trinajstić information content (AvgIpc) is 2.52. The van der Waals surface area contributed by atoms with E-state index in [0.717, 1.165) is 28.3 Å². The van der Waals surface area contributed by atoms with E-state index in [1.54, 1.807) is 0 Å². The van der Waals surface area contributed by atoms with Crippen LogP contribution in [0.2, 0.25) is 0 Å². The largest absolute Gasteiger partial charge is 0.396 e. The van der Waals surface area contributed by atoms with Crippen LogP contribution < -0.4 is 0 Å². The maximum atomic E-state index is 8.52. The second kappa shape index (κ2) is 15.8. The lowest BCUT2D eigenvalue weighted by atomic mass is 10.2. The number of hydrogen-bond donors (Lipinski definition) is 1. The first-order valence-electron chi connectivity index (χ1n) is 6.79. The van der Waals surface area contributed by atoms with Gasteiger partial charge in [-0.3, -0.25) is 0 Å². The normalized spacial score (nSPS) is 19.1. The number of hydrogen-bond acceptors (Lipinski definition) is 3. The average molecular weight is 553 g/mol. The van der Waals surface area contributed by atoms with Gasteiger partial charge in [0, 0.05) is 39.7 Å². The zero-order valence-corrected chi connectivity index (χ0v) is 17.4. The fourth-order valence-electron chi connectivity index (χ4n) is 1.36. The summed E-state index contributed by atoms with van der Waals surface area (Å²) in [6, 6.07) is 0. The summed E-state index contributed by atoms with van der Waals surface area (Å²) >= 11 is 15.9. The second-order valence-corrected chi connectivity index (χ2v) is 7.04. The monoisotopic (exact) mass is 552 g/mol. The Kier molecular flexibility index (Phi) is 17.3. The Balaban J connectivity index is 0.000000441. The summed E-state index contributed by atoms with van der Waals surface area (Å²) in [4.78, 5) is 0. The van der Waals surface area contributed by atoms with Gasteiger partial charge in [-0.15, -0.1) is 23.2 Å². The maximum absolute atomic E-state index is 8.52. The van der Waals surface area contributed by atoms with Crippen molar-refractivity contribution in [1.82, 2.24) is 0 Å². The molecule has 3 nitrogen and oxygen atoms in total. The first-order chi connectivity index (χ1) is 9.71. The lowest BCUT2D eigenvalue weighted by Crippen LogP contribution is -2.26. The van der Waals surface area contributed by atoms with E-state index in [1.165, 1.54) is 6.42 Å². The zero-order valence-electron chi connectivity index (χ0n) is 11.6.